The van der Waals surface area contributed by atoms with E-state index in [0.29, 0.717) is 6.20 Å². The van der Waals surface area contributed by atoms with Gasteiger partial charge in [0.1, 0.15) is 11.6 Å². The lowest BCUT2D eigenvalue weighted by Gasteiger charge is -2.22. The summed E-state index contributed by atoms with van der Waals surface area (Å²) >= 11 is 0. The van der Waals surface area contributed by atoms with Crippen molar-refractivity contribution in [2.75, 3.05) is 0 Å². The summed E-state index contributed by atoms with van der Waals surface area (Å²) in [6, 6.07) is -1.02. The zero-order valence-electron chi connectivity index (χ0n) is 10.6. The Morgan fingerprint density at radius 3 is 2.50 bits per heavy atom. The van der Waals surface area contributed by atoms with Crippen LogP contribution in [-0.4, -0.2) is 21.1 Å². The van der Waals surface area contributed by atoms with E-state index < -0.39 is 34.7 Å². The Hall–Kier alpha value is -1.92. The number of aromatic nitrogens is 2. The molecule has 1 aromatic heterocycles. The molecule has 0 radical (unpaired) electrons. The molecule has 0 saturated carbocycles. The van der Waals surface area contributed by atoms with Gasteiger partial charge >= 0.3 is 11.7 Å². The highest BCUT2D eigenvalue weighted by Gasteiger charge is 2.24. The van der Waals surface area contributed by atoms with Gasteiger partial charge in [-0.3, -0.25) is 14.3 Å². The molecule has 0 aromatic carbocycles. The fourth-order valence-corrected chi connectivity index (χ4v) is 1.25. The van der Waals surface area contributed by atoms with E-state index in [2.05, 4.69) is 0 Å². The zero-order chi connectivity index (χ0) is 14.1. The van der Waals surface area contributed by atoms with Crippen molar-refractivity contribution in [2.24, 2.45) is 0 Å². The van der Waals surface area contributed by atoms with Crippen molar-refractivity contribution in [1.82, 2.24) is 9.55 Å². The number of carbonyl (C=O) groups is 1. The second kappa shape index (κ2) is 4.75. The molecule has 1 unspecified atom stereocenters. The molecule has 0 bridgehead atoms. The number of nitrogens with one attached hydrogen (secondary N) is 1. The van der Waals surface area contributed by atoms with E-state index in [1.54, 1.807) is 25.8 Å². The highest BCUT2D eigenvalue weighted by Crippen LogP contribution is 2.13. The van der Waals surface area contributed by atoms with Gasteiger partial charge < -0.3 is 4.74 Å². The highest BCUT2D eigenvalue weighted by molar-refractivity contribution is 5.74. The Bertz CT molecular complexity index is 568. The number of ether oxygens (including phenoxy) is 1. The first-order chi connectivity index (χ1) is 8.11. The molecule has 7 heteroatoms. The van der Waals surface area contributed by atoms with Gasteiger partial charge in [-0.15, -0.1) is 0 Å². The normalized spacial score (nSPS) is 13.2. The second-order valence-corrected chi connectivity index (χ2v) is 4.85. The maximum atomic E-state index is 13.1. The molecular formula is C11H15FN2O4. The average molecular weight is 258 g/mol. The number of esters is 1. The lowest BCUT2D eigenvalue weighted by molar-refractivity contribution is -0.158. The predicted molar refractivity (Wildman–Crippen MR) is 61.8 cm³/mol. The Morgan fingerprint density at radius 2 is 2.00 bits per heavy atom. The summed E-state index contributed by atoms with van der Waals surface area (Å²) in [5.41, 5.74) is -2.69. The van der Waals surface area contributed by atoms with Gasteiger partial charge in [0.05, 0.1) is 6.20 Å². The van der Waals surface area contributed by atoms with E-state index in [1.807, 2.05) is 0 Å². The number of nitrogens with zero attached hydrogens (tertiary/aromatic N) is 1. The monoisotopic (exact) mass is 258 g/mol. The summed E-state index contributed by atoms with van der Waals surface area (Å²) in [5, 5.41) is 0. The standard InChI is InChI=1S/C11H15FN2O4/c1-6(9(16)18-11(2,3)4)14-5-7(12)8(15)13-10(14)17/h5-6H,1-4H3,(H,13,15,17). The maximum absolute atomic E-state index is 13.1. The van der Waals surface area contributed by atoms with Crippen LogP contribution in [0.3, 0.4) is 0 Å². The predicted octanol–water partition coefficient (Wildman–Crippen LogP) is 0.578. The molecule has 1 aromatic rings. The molecule has 0 aliphatic carbocycles. The molecule has 1 heterocycles. The van der Waals surface area contributed by atoms with Crippen LogP contribution in [0.4, 0.5) is 4.39 Å². The summed E-state index contributed by atoms with van der Waals surface area (Å²) in [7, 11) is 0. The van der Waals surface area contributed by atoms with Gasteiger partial charge in [-0.2, -0.15) is 4.39 Å². The topological polar surface area (TPSA) is 81.2 Å². The van der Waals surface area contributed by atoms with Gasteiger partial charge in [0, 0.05) is 0 Å². The van der Waals surface area contributed by atoms with Gasteiger partial charge in [-0.1, -0.05) is 0 Å². The smallest absolute Gasteiger partial charge is 0.329 e. The second-order valence-electron chi connectivity index (χ2n) is 4.85. The summed E-state index contributed by atoms with van der Waals surface area (Å²) < 4.78 is 18.9. The average Bonchev–Trinajstić information content (AvgIpc) is 2.20. The van der Waals surface area contributed by atoms with E-state index in [0.717, 1.165) is 4.57 Å². The molecule has 1 atom stereocenters. The van der Waals surface area contributed by atoms with Crippen LogP contribution in [0.25, 0.3) is 0 Å². The molecule has 0 fully saturated rings. The minimum absolute atomic E-state index is 0.684. The molecule has 0 saturated heterocycles. The van der Waals surface area contributed by atoms with Crippen molar-refractivity contribution in [3.05, 3.63) is 32.9 Å². The van der Waals surface area contributed by atoms with Gasteiger partial charge in [-0.25, -0.2) is 9.59 Å². The van der Waals surface area contributed by atoms with Crippen molar-refractivity contribution in [2.45, 2.75) is 39.3 Å². The van der Waals surface area contributed by atoms with Crippen LogP contribution in [0.2, 0.25) is 0 Å². The SMILES string of the molecule is CC(C(=O)OC(C)(C)C)n1cc(F)c(=O)[nH]c1=O. The van der Waals surface area contributed by atoms with Gasteiger partial charge in [0.25, 0.3) is 5.56 Å². The molecule has 1 rings (SSSR count). The minimum atomic E-state index is -1.13. The molecule has 1 N–H and O–H groups in total. The van der Waals surface area contributed by atoms with Crippen LogP contribution < -0.4 is 11.2 Å². The van der Waals surface area contributed by atoms with Crippen LogP contribution in [0.5, 0.6) is 0 Å². The zero-order valence-corrected chi connectivity index (χ0v) is 10.6. The third-order valence-electron chi connectivity index (χ3n) is 2.09. The molecule has 0 aliphatic rings. The number of aromatic amines is 1. The Kier molecular flexibility index (Phi) is 3.73. The number of H-pyrrole nitrogens is 1. The fourth-order valence-electron chi connectivity index (χ4n) is 1.25. The van der Waals surface area contributed by atoms with Crippen molar-refractivity contribution in [1.29, 1.82) is 0 Å². The Balaban J connectivity index is 3.08. The molecule has 100 valence electrons. The van der Waals surface area contributed by atoms with E-state index in [-0.39, 0.29) is 0 Å². The van der Waals surface area contributed by atoms with Gasteiger partial charge in [0.15, 0.2) is 0 Å². The van der Waals surface area contributed by atoms with Crippen molar-refractivity contribution >= 4 is 5.97 Å². The lowest BCUT2D eigenvalue weighted by Crippen LogP contribution is -2.37. The third-order valence-corrected chi connectivity index (χ3v) is 2.09. The Labute approximate surface area is 102 Å². The molecule has 0 spiro atoms. The first-order valence-electron chi connectivity index (χ1n) is 5.35. The number of hydrogen-bond acceptors (Lipinski definition) is 4. The molecule has 0 amide bonds. The first-order valence-corrected chi connectivity index (χ1v) is 5.35. The summed E-state index contributed by atoms with van der Waals surface area (Å²) in [6.45, 7) is 6.41. The van der Waals surface area contributed by atoms with E-state index >= 15 is 0 Å². The van der Waals surface area contributed by atoms with Crippen LogP contribution in [0, 0.1) is 5.82 Å². The van der Waals surface area contributed by atoms with Crippen LogP contribution in [-0.2, 0) is 9.53 Å². The van der Waals surface area contributed by atoms with Crippen molar-refractivity contribution in [3.63, 3.8) is 0 Å². The highest BCUT2D eigenvalue weighted by atomic mass is 19.1. The lowest BCUT2D eigenvalue weighted by atomic mass is 10.2. The molecular weight excluding hydrogens is 243 g/mol. The minimum Gasteiger partial charge on any atom is -0.458 e. The van der Waals surface area contributed by atoms with Crippen molar-refractivity contribution < 1.29 is 13.9 Å². The molecule has 6 nitrogen and oxygen atoms in total. The fraction of sp³-hybridized carbons (Fsp3) is 0.545. The van der Waals surface area contributed by atoms with Gasteiger partial charge in [-0.05, 0) is 27.7 Å². The maximum Gasteiger partial charge on any atom is 0.329 e. The van der Waals surface area contributed by atoms with Crippen molar-refractivity contribution in [3.8, 4) is 0 Å². The van der Waals surface area contributed by atoms with Crippen LogP contribution in [0.1, 0.15) is 33.7 Å². The number of carbonyl (C=O) groups excluding carboxylic acids is 1. The van der Waals surface area contributed by atoms with Crippen LogP contribution in [0.15, 0.2) is 15.8 Å². The van der Waals surface area contributed by atoms with E-state index in [4.69, 9.17) is 4.74 Å². The summed E-state index contributed by atoms with van der Waals surface area (Å²) in [5.74, 6) is -1.82. The van der Waals surface area contributed by atoms with E-state index in [1.165, 1.54) is 6.92 Å². The molecule has 18 heavy (non-hydrogen) atoms. The quantitative estimate of drug-likeness (QED) is 0.787. The number of hydrogen-bond donors (Lipinski definition) is 1. The van der Waals surface area contributed by atoms with Crippen LogP contribution >= 0.6 is 0 Å². The third kappa shape index (κ3) is 3.28. The number of halogens is 1. The largest absolute Gasteiger partial charge is 0.458 e. The Morgan fingerprint density at radius 1 is 1.44 bits per heavy atom. The first kappa shape index (κ1) is 14.1. The molecule has 0 aliphatic heterocycles. The summed E-state index contributed by atoms with van der Waals surface area (Å²) in [6.07, 6.45) is 0.690. The summed E-state index contributed by atoms with van der Waals surface area (Å²) in [4.78, 5) is 35.8. The van der Waals surface area contributed by atoms with E-state index in [9.17, 15) is 18.8 Å². The van der Waals surface area contributed by atoms with Gasteiger partial charge in [0.2, 0.25) is 5.82 Å². The number of rotatable bonds is 2.